The van der Waals surface area contributed by atoms with Crippen LogP contribution in [0.4, 0.5) is 10.3 Å². The lowest BCUT2D eigenvalue weighted by Crippen LogP contribution is -1.99. The van der Waals surface area contributed by atoms with Gasteiger partial charge in [0, 0.05) is 17.1 Å². The summed E-state index contributed by atoms with van der Waals surface area (Å²) in [7, 11) is 0. The van der Waals surface area contributed by atoms with Crippen molar-refractivity contribution in [3.05, 3.63) is 48.5 Å². The monoisotopic (exact) mass is 240 g/mol. The molecule has 0 aliphatic carbocycles. The minimum Gasteiger partial charge on any atom is -0.368 e. The van der Waals surface area contributed by atoms with Crippen LogP contribution in [0.2, 0.25) is 0 Å². The van der Waals surface area contributed by atoms with E-state index in [4.69, 9.17) is 5.73 Å². The number of pyridine rings is 1. The molecule has 3 aromatic rings. The Morgan fingerprint density at radius 3 is 2.83 bits per heavy atom. The fraction of sp³-hybridized carbons (Fsp3) is 0. The summed E-state index contributed by atoms with van der Waals surface area (Å²) in [5.74, 6) is -0.451. The van der Waals surface area contributed by atoms with Crippen molar-refractivity contribution in [1.82, 2.24) is 15.0 Å². The third kappa shape index (κ3) is 1.66. The molecule has 0 saturated carbocycles. The van der Waals surface area contributed by atoms with Crippen molar-refractivity contribution < 1.29 is 4.39 Å². The first-order valence-electron chi connectivity index (χ1n) is 5.38. The Labute approximate surface area is 102 Å². The maximum absolute atomic E-state index is 13.8. The Bertz CT molecular complexity index is 722. The number of nitrogens with zero attached hydrogens (tertiary/aromatic N) is 3. The predicted octanol–water partition coefficient (Wildman–Crippen LogP) is 2.41. The van der Waals surface area contributed by atoms with E-state index in [1.165, 1.54) is 0 Å². The topological polar surface area (TPSA) is 64.7 Å². The Morgan fingerprint density at radius 2 is 1.94 bits per heavy atom. The molecular weight excluding hydrogens is 231 g/mol. The molecule has 1 aromatic carbocycles. The van der Waals surface area contributed by atoms with E-state index in [0.29, 0.717) is 5.56 Å². The number of halogens is 1. The maximum Gasteiger partial charge on any atom is 0.220 e. The highest BCUT2D eigenvalue weighted by molar-refractivity contribution is 5.93. The molecule has 0 radical (unpaired) electrons. The normalized spacial score (nSPS) is 10.7. The maximum atomic E-state index is 13.8. The number of nitrogens with two attached hydrogens (primary N) is 1. The van der Waals surface area contributed by atoms with Gasteiger partial charge in [0.25, 0.3) is 0 Å². The van der Waals surface area contributed by atoms with Gasteiger partial charge in [-0.2, -0.15) is 0 Å². The Morgan fingerprint density at radius 1 is 1.06 bits per heavy atom. The Kier molecular flexibility index (Phi) is 2.37. The van der Waals surface area contributed by atoms with E-state index in [0.717, 1.165) is 17.1 Å². The smallest absolute Gasteiger partial charge is 0.220 e. The molecule has 0 fully saturated rings. The first-order valence-corrected chi connectivity index (χ1v) is 5.38. The van der Waals surface area contributed by atoms with Gasteiger partial charge >= 0.3 is 0 Å². The minimum absolute atomic E-state index is 0.0484. The number of benzene rings is 1. The second-order valence-corrected chi connectivity index (χ2v) is 3.80. The van der Waals surface area contributed by atoms with E-state index in [-0.39, 0.29) is 11.6 Å². The van der Waals surface area contributed by atoms with Crippen LogP contribution in [0.3, 0.4) is 0 Å². The molecule has 18 heavy (non-hydrogen) atoms. The number of hydrogen-bond acceptors (Lipinski definition) is 4. The van der Waals surface area contributed by atoms with Gasteiger partial charge in [-0.1, -0.05) is 18.2 Å². The number of aromatic nitrogens is 3. The van der Waals surface area contributed by atoms with Crippen LogP contribution in [0.5, 0.6) is 0 Å². The highest BCUT2D eigenvalue weighted by atomic mass is 19.1. The zero-order valence-corrected chi connectivity index (χ0v) is 9.34. The number of anilines is 1. The van der Waals surface area contributed by atoms with Gasteiger partial charge in [0.1, 0.15) is 5.69 Å². The van der Waals surface area contributed by atoms with Crippen LogP contribution in [0.1, 0.15) is 0 Å². The molecule has 0 aliphatic rings. The lowest BCUT2D eigenvalue weighted by Gasteiger charge is -2.06. The van der Waals surface area contributed by atoms with Gasteiger partial charge < -0.3 is 5.73 Å². The number of fused-ring (bicyclic) bond motifs is 1. The van der Waals surface area contributed by atoms with Crippen molar-refractivity contribution in [2.24, 2.45) is 0 Å². The van der Waals surface area contributed by atoms with Gasteiger partial charge in [-0.15, -0.1) is 0 Å². The van der Waals surface area contributed by atoms with Crippen molar-refractivity contribution in [2.75, 3.05) is 5.73 Å². The fourth-order valence-electron chi connectivity index (χ4n) is 1.88. The second kappa shape index (κ2) is 4.03. The summed E-state index contributed by atoms with van der Waals surface area (Å²) in [6.07, 6.45) is 2.77. The largest absolute Gasteiger partial charge is 0.368 e. The van der Waals surface area contributed by atoms with E-state index >= 15 is 0 Å². The van der Waals surface area contributed by atoms with E-state index < -0.39 is 5.82 Å². The molecule has 2 heterocycles. The Hall–Kier alpha value is -2.56. The molecule has 0 unspecified atom stereocenters. The first-order chi connectivity index (χ1) is 8.75. The Balaban J connectivity index is 2.35. The summed E-state index contributed by atoms with van der Waals surface area (Å²) in [5.41, 5.74) is 7.14. The summed E-state index contributed by atoms with van der Waals surface area (Å²) in [6.45, 7) is 0. The number of hydrogen-bond donors (Lipinski definition) is 1. The average molecular weight is 240 g/mol. The molecule has 2 N–H and O–H groups in total. The summed E-state index contributed by atoms with van der Waals surface area (Å²) in [5, 5.41) is 0.831. The average Bonchev–Trinajstić information content (AvgIpc) is 2.41. The summed E-state index contributed by atoms with van der Waals surface area (Å²) < 4.78 is 13.8. The van der Waals surface area contributed by atoms with Gasteiger partial charge in [-0.05, 0) is 12.1 Å². The number of rotatable bonds is 1. The fourth-order valence-corrected chi connectivity index (χ4v) is 1.88. The van der Waals surface area contributed by atoms with Crippen molar-refractivity contribution in [3.8, 4) is 11.3 Å². The summed E-state index contributed by atoms with van der Waals surface area (Å²) >= 11 is 0. The van der Waals surface area contributed by atoms with Crippen molar-refractivity contribution in [3.63, 3.8) is 0 Å². The second-order valence-electron chi connectivity index (χ2n) is 3.80. The predicted molar refractivity (Wildman–Crippen MR) is 67.1 cm³/mol. The van der Waals surface area contributed by atoms with Crippen LogP contribution in [0.25, 0.3) is 22.2 Å². The van der Waals surface area contributed by atoms with E-state index in [2.05, 4.69) is 15.0 Å². The molecule has 88 valence electrons. The first kappa shape index (κ1) is 10.6. The van der Waals surface area contributed by atoms with Crippen LogP contribution >= 0.6 is 0 Å². The third-order valence-electron chi connectivity index (χ3n) is 2.66. The standard InChI is InChI=1S/C13H9FN4/c14-10-7-17-13(15)18-12(10)9-3-1-5-11-8(9)4-2-6-16-11/h1-7H,(H2,15,17,18). The van der Waals surface area contributed by atoms with Crippen molar-refractivity contribution >= 4 is 16.9 Å². The van der Waals surface area contributed by atoms with Gasteiger partial charge in [0.2, 0.25) is 5.95 Å². The number of nitrogen functional groups attached to an aromatic ring is 1. The lowest BCUT2D eigenvalue weighted by molar-refractivity contribution is 0.619. The highest BCUT2D eigenvalue weighted by Gasteiger charge is 2.11. The van der Waals surface area contributed by atoms with Gasteiger partial charge in [0.05, 0.1) is 11.7 Å². The zero-order valence-electron chi connectivity index (χ0n) is 9.34. The molecule has 5 heteroatoms. The minimum atomic E-state index is -0.499. The van der Waals surface area contributed by atoms with Gasteiger partial charge in [-0.25, -0.2) is 14.4 Å². The molecule has 0 spiro atoms. The molecule has 3 rings (SSSR count). The SMILES string of the molecule is Nc1ncc(F)c(-c2cccc3ncccc23)n1. The zero-order chi connectivity index (χ0) is 12.5. The highest BCUT2D eigenvalue weighted by Crippen LogP contribution is 2.27. The van der Waals surface area contributed by atoms with Crippen LogP contribution in [-0.4, -0.2) is 15.0 Å². The molecular formula is C13H9FN4. The molecule has 0 atom stereocenters. The van der Waals surface area contributed by atoms with E-state index in [1.807, 2.05) is 18.2 Å². The van der Waals surface area contributed by atoms with Crippen LogP contribution in [0, 0.1) is 5.82 Å². The third-order valence-corrected chi connectivity index (χ3v) is 2.66. The molecule has 2 aromatic heterocycles. The summed E-state index contributed by atoms with van der Waals surface area (Å²) in [6, 6.07) is 9.13. The van der Waals surface area contributed by atoms with Gasteiger partial charge in [0.15, 0.2) is 5.82 Å². The van der Waals surface area contributed by atoms with Crippen LogP contribution in [0.15, 0.2) is 42.7 Å². The van der Waals surface area contributed by atoms with E-state index in [1.54, 1.807) is 18.3 Å². The molecule has 0 bridgehead atoms. The van der Waals surface area contributed by atoms with Gasteiger partial charge in [-0.3, -0.25) is 4.98 Å². The quantitative estimate of drug-likeness (QED) is 0.709. The van der Waals surface area contributed by atoms with Crippen molar-refractivity contribution in [1.29, 1.82) is 0 Å². The van der Waals surface area contributed by atoms with Crippen LogP contribution < -0.4 is 5.73 Å². The molecule has 4 nitrogen and oxygen atoms in total. The summed E-state index contributed by atoms with van der Waals surface area (Å²) in [4.78, 5) is 11.8. The lowest BCUT2D eigenvalue weighted by atomic mass is 10.1. The molecule has 0 amide bonds. The van der Waals surface area contributed by atoms with Crippen LogP contribution in [-0.2, 0) is 0 Å². The van der Waals surface area contributed by atoms with E-state index in [9.17, 15) is 4.39 Å². The molecule has 0 saturated heterocycles. The van der Waals surface area contributed by atoms with Crippen molar-refractivity contribution in [2.45, 2.75) is 0 Å². The molecule has 0 aliphatic heterocycles.